The fourth-order valence-corrected chi connectivity index (χ4v) is 1.90. The van der Waals surface area contributed by atoms with Gasteiger partial charge in [-0.1, -0.05) is 18.7 Å². The van der Waals surface area contributed by atoms with Crippen LogP contribution in [0.15, 0.2) is 36.4 Å². The number of hydrogen-bond acceptors (Lipinski definition) is 3. The molecule has 0 aliphatic carbocycles. The number of benzene rings is 1. The van der Waals surface area contributed by atoms with Crippen LogP contribution < -0.4 is 15.2 Å². The van der Waals surface area contributed by atoms with Gasteiger partial charge >= 0.3 is 0 Å². The lowest BCUT2D eigenvalue weighted by Gasteiger charge is -2.32. The standard InChI is InChI=1S/C13H16N2O2/c1-9-12(16)14-15(13(9,2)3)10-7-5-6-8-11(10)17-4/h5-8H,1H2,2-4H3,(H,14,16). The number of nitrogens with zero attached hydrogens (tertiary/aromatic N) is 1. The minimum absolute atomic E-state index is 0.152. The van der Waals surface area contributed by atoms with Crippen molar-refractivity contribution in [3.05, 3.63) is 36.4 Å². The van der Waals surface area contributed by atoms with Crippen molar-refractivity contribution in [2.75, 3.05) is 12.1 Å². The Labute approximate surface area is 101 Å². The predicted octanol–water partition coefficient (Wildman–Crippen LogP) is 1.88. The summed E-state index contributed by atoms with van der Waals surface area (Å²) >= 11 is 0. The fourth-order valence-electron chi connectivity index (χ4n) is 1.90. The normalized spacial score (nSPS) is 18.2. The van der Waals surface area contributed by atoms with Gasteiger partial charge in [0, 0.05) is 5.57 Å². The molecule has 0 atom stereocenters. The van der Waals surface area contributed by atoms with E-state index < -0.39 is 5.54 Å². The molecule has 0 spiro atoms. The van der Waals surface area contributed by atoms with Crippen molar-refractivity contribution in [2.24, 2.45) is 0 Å². The van der Waals surface area contributed by atoms with Crippen LogP contribution in [0, 0.1) is 0 Å². The maximum Gasteiger partial charge on any atom is 0.267 e. The summed E-state index contributed by atoms with van der Waals surface area (Å²) in [5.41, 5.74) is 3.70. The smallest absolute Gasteiger partial charge is 0.267 e. The van der Waals surface area contributed by atoms with Crippen molar-refractivity contribution in [1.82, 2.24) is 5.43 Å². The van der Waals surface area contributed by atoms with Crippen LogP contribution in [0.5, 0.6) is 5.75 Å². The summed E-state index contributed by atoms with van der Waals surface area (Å²) in [4.78, 5) is 11.7. The van der Waals surface area contributed by atoms with Gasteiger partial charge in [0.1, 0.15) is 11.4 Å². The number of nitrogens with one attached hydrogen (secondary N) is 1. The first-order valence-corrected chi connectivity index (χ1v) is 5.42. The molecule has 0 unspecified atom stereocenters. The van der Waals surface area contributed by atoms with Gasteiger partial charge in [0.2, 0.25) is 0 Å². The minimum atomic E-state index is -0.467. The molecule has 1 aromatic rings. The molecule has 1 heterocycles. The maximum atomic E-state index is 11.7. The highest BCUT2D eigenvalue weighted by atomic mass is 16.5. The summed E-state index contributed by atoms with van der Waals surface area (Å²) in [6.07, 6.45) is 0. The highest BCUT2D eigenvalue weighted by molar-refractivity contribution is 6.00. The van der Waals surface area contributed by atoms with E-state index in [1.54, 1.807) is 12.1 Å². The molecule has 17 heavy (non-hydrogen) atoms. The van der Waals surface area contributed by atoms with Gasteiger partial charge < -0.3 is 4.74 Å². The first-order chi connectivity index (χ1) is 7.98. The van der Waals surface area contributed by atoms with Crippen LogP contribution in [0.25, 0.3) is 0 Å². The number of ether oxygens (including phenoxy) is 1. The van der Waals surface area contributed by atoms with E-state index in [1.165, 1.54) is 0 Å². The quantitative estimate of drug-likeness (QED) is 0.792. The molecule has 4 heteroatoms. The molecule has 1 fully saturated rings. The van der Waals surface area contributed by atoms with E-state index in [4.69, 9.17) is 4.74 Å². The Morgan fingerprint density at radius 1 is 1.35 bits per heavy atom. The van der Waals surface area contributed by atoms with Crippen LogP contribution in [0.1, 0.15) is 13.8 Å². The number of methoxy groups -OCH3 is 1. The second-order valence-corrected chi connectivity index (χ2v) is 4.49. The third-order valence-electron chi connectivity index (χ3n) is 3.11. The molecule has 0 aromatic heterocycles. The molecule has 0 radical (unpaired) electrons. The van der Waals surface area contributed by atoms with Gasteiger partial charge in [-0.2, -0.15) is 0 Å². The lowest BCUT2D eigenvalue weighted by atomic mass is 9.96. The summed E-state index contributed by atoms with van der Waals surface area (Å²) in [6, 6.07) is 7.56. The van der Waals surface area contributed by atoms with E-state index in [0.29, 0.717) is 5.57 Å². The van der Waals surface area contributed by atoms with Crippen molar-refractivity contribution >= 4 is 11.6 Å². The van der Waals surface area contributed by atoms with Gasteiger partial charge in [0.25, 0.3) is 5.91 Å². The average molecular weight is 232 g/mol. The Bertz CT molecular complexity index is 480. The molecular formula is C13H16N2O2. The minimum Gasteiger partial charge on any atom is -0.495 e. The zero-order chi connectivity index (χ0) is 12.6. The number of hydrogen-bond donors (Lipinski definition) is 1. The number of carbonyl (C=O) groups excluding carboxylic acids is 1. The van der Waals surface area contributed by atoms with Crippen LogP contribution in [0.2, 0.25) is 0 Å². The number of rotatable bonds is 2. The molecule has 1 saturated heterocycles. The van der Waals surface area contributed by atoms with Gasteiger partial charge in [0.15, 0.2) is 0 Å². The second kappa shape index (κ2) is 3.80. The molecule has 1 aliphatic heterocycles. The monoisotopic (exact) mass is 232 g/mol. The molecule has 1 aliphatic rings. The molecule has 90 valence electrons. The number of amides is 1. The number of para-hydroxylation sites is 2. The SMILES string of the molecule is C=C1C(=O)NN(c2ccccc2OC)C1(C)C. The van der Waals surface area contributed by atoms with Crippen LogP contribution in [0.3, 0.4) is 0 Å². The van der Waals surface area contributed by atoms with Crippen molar-refractivity contribution in [1.29, 1.82) is 0 Å². The number of carbonyl (C=O) groups is 1. The third kappa shape index (κ3) is 1.65. The highest BCUT2D eigenvalue weighted by Gasteiger charge is 2.42. The summed E-state index contributed by atoms with van der Waals surface area (Å²) in [5, 5.41) is 1.79. The molecule has 1 aromatic carbocycles. The Hall–Kier alpha value is -1.97. The summed E-state index contributed by atoms with van der Waals surface area (Å²) < 4.78 is 5.30. The fraction of sp³-hybridized carbons (Fsp3) is 0.308. The van der Waals surface area contributed by atoms with Crippen molar-refractivity contribution in [2.45, 2.75) is 19.4 Å². The zero-order valence-corrected chi connectivity index (χ0v) is 10.3. The molecule has 0 bridgehead atoms. The van der Waals surface area contributed by atoms with Gasteiger partial charge in [-0.25, -0.2) is 0 Å². The second-order valence-electron chi connectivity index (χ2n) is 4.49. The molecular weight excluding hydrogens is 216 g/mol. The van der Waals surface area contributed by atoms with Gasteiger partial charge in [0.05, 0.1) is 12.6 Å². The van der Waals surface area contributed by atoms with E-state index in [9.17, 15) is 4.79 Å². The predicted molar refractivity (Wildman–Crippen MR) is 66.8 cm³/mol. The van der Waals surface area contributed by atoms with Crippen molar-refractivity contribution in [3.8, 4) is 5.75 Å². The van der Waals surface area contributed by atoms with E-state index in [2.05, 4.69) is 12.0 Å². The lowest BCUT2D eigenvalue weighted by molar-refractivity contribution is -0.116. The Morgan fingerprint density at radius 2 is 2.00 bits per heavy atom. The van der Waals surface area contributed by atoms with Crippen molar-refractivity contribution < 1.29 is 9.53 Å². The first kappa shape index (κ1) is 11.5. The lowest BCUT2D eigenvalue weighted by Crippen LogP contribution is -2.45. The summed E-state index contributed by atoms with van der Waals surface area (Å²) in [6.45, 7) is 7.71. The van der Waals surface area contributed by atoms with Crippen LogP contribution >= 0.6 is 0 Å². The van der Waals surface area contributed by atoms with E-state index in [0.717, 1.165) is 11.4 Å². The molecule has 2 rings (SSSR count). The highest BCUT2D eigenvalue weighted by Crippen LogP contribution is 2.37. The van der Waals surface area contributed by atoms with E-state index >= 15 is 0 Å². The Kier molecular flexibility index (Phi) is 2.58. The number of anilines is 1. The van der Waals surface area contributed by atoms with E-state index in [-0.39, 0.29) is 5.91 Å². The largest absolute Gasteiger partial charge is 0.495 e. The Morgan fingerprint density at radius 3 is 2.53 bits per heavy atom. The summed E-state index contributed by atoms with van der Waals surface area (Å²) in [5.74, 6) is 0.566. The number of hydrazine groups is 1. The topological polar surface area (TPSA) is 41.6 Å². The molecule has 4 nitrogen and oxygen atoms in total. The van der Waals surface area contributed by atoms with Gasteiger partial charge in [-0.15, -0.1) is 0 Å². The van der Waals surface area contributed by atoms with Crippen molar-refractivity contribution in [3.63, 3.8) is 0 Å². The van der Waals surface area contributed by atoms with Gasteiger partial charge in [-0.3, -0.25) is 15.2 Å². The van der Waals surface area contributed by atoms with Gasteiger partial charge in [-0.05, 0) is 26.0 Å². The molecule has 1 amide bonds. The van der Waals surface area contributed by atoms with Crippen LogP contribution in [-0.4, -0.2) is 18.6 Å². The first-order valence-electron chi connectivity index (χ1n) is 5.42. The van der Waals surface area contributed by atoms with E-state index in [1.807, 2.05) is 38.1 Å². The molecule has 1 N–H and O–H groups in total. The van der Waals surface area contributed by atoms with Crippen LogP contribution in [0.4, 0.5) is 5.69 Å². The zero-order valence-electron chi connectivity index (χ0n) is 10.3. The average Bonchev–Trinajstić information content (AvgIpc) is 2.53. The Balaban J connectivity index is 2.48. The van der Waals surface area contributed by atoms with Crippen LogP contribution in [-0.2, 0) is 4.79 Å². The molecule has 0 saturated carbocycles. The summed E-state index contributed by atoms with van der Waals surface area (Å²) in [7, 11) is 1.61. The maximum absolute atomic E-state index is 11.7. The third-order valence-corrected chi connectivity index (χ3v) is 3.11.